The quantitative estimate of drug-likeness (QED) is 0.632. The van der Waals surface area contributed by atoms with E-state index in [2.05, 4.69) is 50.3 Å². The van der Waals surface area contributed by atoms with Gasteiger partial charge in [-0.05, 0) is 36.9 Å². The summed E-state index contributed by atoms with van der Waals surface area (Å²) in [6.07, 6.45) is 2.89. The molecule has 27 heavy (non-hydrogen) atoms. The largest absolute Gasteiger partial charge is 0.478 e. The zero-order valence-electron chi connectivity index (χ0n) is 15.8. The zero-order valence-corrected chi connectivity index (χ0v) is 16.6. The van der Waals surface area contributed by atoms with Crippen molar-refractivity contribution >= 4 is 27.1 Å². The van der Waals surface area contributed by atoms with Crippen LogP contribution in [0.3, 0.4) is 0 Å². The second-order valence-electron chi connectivity index (χ2n) is 7.47. The first-order valence-corrected chi connectivity index (χ1v) is 10.5. The summed E-state index contributed by atoms with van der Waals surface area (Å²) in [7, 11) is 0. The van der Waals surface area contributed by atoms with E-state index in [1.807, 2.05) is 24.3 Å². The van der Waals surface area contributed by atoms with Crippen LogP contribution in [0, 0.1) is 0 Å². The summed E-state index contributed by atoms with van der Waals surface area (Å²) in [6, 6.07) is 8.85. The van der Waals surface area contributed by atoms with Crippen molar-refractivity contribution in [2.24, 2.45) is 0 Å². The Labute approximate surface area is 164 Å². The maximum absolute atomic E-state index is 9.32. The normalized spacial score (nSPS) is 23.5. The van der Waals surface area contributed by atoms with E-state index in [1.165, 1.54) is 15.8 Å². The molecule has 1 unspecified atom stereocenters. The molecule has 7 heteroatoms. The van der Waals surface area contributed by atoms with Crippen LogP contribution in [-0.4, -0.2) is 61.5 Å². The number of piperazine rings is 1. The van der Waals surface area contributed by atoms with Crippen LogP contribution >= 0.6 is 11.3 Å². The highest BCUT2D eigenvalue weighted by molar-refractivity contribution is 7.17. The van der Waals surface area contributed by atoms with Crippen LogP contribution in [0.5, 0.6) is 0 Å². The number of nitrogens with zero attached hydrogens (tertiary/aromatic N) is 2. The Morgan fingerprint density at radius 2 is 2.07 bits per heavy atom. The minimum atomic E-state index is -0.434. The molecule has 1 saturated heterocycles. The van der Waals surface area contributed by atoms with Gasteiger partial charge in [-0.1, -0.05) is 6.07 Å². The van der Waals surface area contributed by atoms with Crippen molar-refractivity contribution < 1.29 is 9.84 Å². The molecule has 0 aliphatic carbocycles. The molecule has 0 amide bonds. The molecule has 0 saturated carbocycles. The van der Waals surface area contributed by atoms with E-state index in [-0.39, 0.29) is 6.61 Å². The second-order valence-corrected chi connectivity index (χ2v) is 8.42. The predicted octanol–water partition coefficient (Wildman–Crippen LogP) is 2.13. The van der Waals surface area contributed by atoms with Crippen molar-refractivity contribution in [1.82, 2.24) is 15.8 Å². The third kappa shape index (κ3) is 4.21. The third-order valence-electron chi connectivity index (χ3n) is 5.31. The van der Waals surface area contributed by atoms with E-state index in [0.29, 0.717) is 12.5 Å². The van der Waals surface area contributed by atoms with E-state index in [1.54, 1.807) is 0 Å². The molecule has 2 aromatic rings. The van der Waals surface area contributed by atoms with Gasteiger partial charge in [0.1, 0.15) is 0 Å². The predicted molar refractivity (Wildman–Crippen MR) is 111 cm³/mol. The summed E-state index contributed by atoms with van der Waals surface area (Å²) in [4.78, 5) is 5.02. The lowest BCUT2D eigenvalue weighted by molar-refractivity contribution is 0.161. The standard InChI is InChI=1S/C20H28N4O2S/c1-20(15-25)14-19(21-22-20)26-12-3-7-23-8-10-24(11-9-23)17-4-2-5-18-16(17)6-13-27-18/h2,4-6,13-14,21-22,25H,3,7-12,15H2,1H3. The Hall–Kier alpha value is -1.80. The van der Waals surface area contributed by atoms with E-state index in [9.17, 15) is 5.11 Å². The molecule has 6 nitrogen and oxygen atoms in total. The highest BCUT2D eigenvalue weighted by atomic mass is 32.1. The minimum Gasteiger partial charge on any atom is -0.478 e. The van der Waals surface area contributed by atoms with Crippen molar-refractivity contribution in [1.29, 1.82) is 0 Å². The lowest BCUT2D eigenvalue weighted by Gasteiger charge is -2.36. The number of thiophene rings is 1. The number of aliphatic hydroxyl groups excluding tert-OH is 1. The van der Waals surface area contributed by atoms with Gasteiger partial charge in [-0.25, -0.2) is 5.43 Å². The summed E-state index contributed by atoms with van der Waals surface area (Å²) >= 11 is 1.81. The molecular weight excluding hydrogens is 360 g/mol. The van der Waals surface area contributed by atoms with Crippen molar-refractivity contribution in [3.05, 3.63) is 41.6 Å². The number of benzene rings is 1. The van der Waals surface area contributed by atoms with Gasteiger partial charge in [0.2, 0.25) is 0 Å². The molecule has 3 heterocycles. The highest BCUT2D eigenvalue weighted by Gasteiger charge is 2.27. The molecule has 1 atom stereocenters. The van der Waals surface area contributed by atoms with Gasteiger partial charge in [0.05, 0.1) is 18.8 Å². The first-order chi connectivity index (χ1) is 13.2. The van der Waals surface area contributed by atoms with Gasteiger partial charge in [-0.3, -0.25) is 10.3 Å². The Bertz CT molecular complexity index is 800. The van der Waals surface area contributed by atoms with Crippen molar-refractivity contribution in [3.8, 4) is 0 Å². The van der Waals surface area contributed by atoms with Gasteiger partial charge in [0.15, 0.2) is 5.88 Å². The van der Waals surface area contributed by atoms with Crippen LogP contribution in [0.15, 0.2) is 41.6 Å². The Kier molecular flexibility index (Phi) is 5.54. The van der Waals surface area contributed by atoms with Gasteiger partial charge < -0.3 is 14.7 Å². The molecule has 1 fully saturated rings. The van der Waals surface area contributed by atoms with Crippen LogP contribution < -0.4 is 15.8 Å². The maximum atomic E-state index is 9.32. The molecule has 1 aromatic heterocycles. The lowest BCUT2D eigenvalue weighted by atomic mass is 10.1. The number of hydrazine groups is 1. The fraction of sp³-hybridized carbons (Fsp3) is 0.500. The molecule has 4 rings (SSSR count). The van der Waals surface area contributed by atoms with Gasteiger partial charge >= 0.3 is 0 Å². The minimum absolute atomic E-state index is 0.0379. The lowest BCUT2D eigenvalue weighted by Crippen LogP contribution is -2.46. The van der Waals surface area contributed by atoms with Crippen LogP contribution in [0.25, 0.3) is 10.1 Å². The molecule has 146 valence electrons. The smallest absolute Gasteiger partial charge is 0.199 e. The molecule has 0 radical (unpaired) electrons. The number of hydrogen-bond donors (Lipinski definition) is 3. The highest BCUT2D eigenvalue weighted by Crippen LogP contribution is 2.31. The SMILES string of the molecule is CC1(CO)C=C(OCCCN2CCN(c3cccc4sccc34)CC2)NN1. The van der Waals surface area contributed by atoms with Crippen LogP contribution in [0.4, 0.5) is 5.69 Å². The maximum Gasteiger partial charge on any atom is 0.199 e. The van der Waals surface area contributed by atoms with Gasteiger partial charge in [-0.2, -0.15) is 0 Å². The zero-order chi connectivity index (χ0) is 18.7. The molecular formula is C20H28N4O2S. The summed E-state index contributed by atoms with van der Waals surface area (Å²) in [6.45, 7) is 8.01. The van der Waals surface area contributed by atoms with Crippen LogP contribution in [-0.2, 0) is 4.74 Å². The summed E-state index contributed by atoms with van der Waals surface area (Å²) in [5, 5.41) is 12.9. The fourth-order valence-corrected chi connectivity index (χ4v) is 4.47. The summed E-state index contributed by atoms with van der Waals surface area (Å²) < 4.78 is 7.13. The fourth-order valence-electron chi connectivity index (χ4n) is 3.67. The number of hydrogen-bond acceptors (Lipinski definition) is 7. The van der Waals surface area contributed by atoms with Crippen molar-refractivity contribution in [2.75, 3.05) is 50.8 Å². The number of rotatable bonds is 7. The Morgan fingerprint density at radius 1 is 1.22 bits per heavy atom. The molecule has 0 bridgehead atoms. The number of nitrogens with one attached hydrogen (secondary N) is 2. The van der Waals surface area contributed by atoms with Crippen molar-refractivity contribution in [2.45, 2.75) is 18.9 Å². The van der Waals surface area contributed by atoms with Crippen molar-refractivity contribution in [3.63, 3.8) is 0 Å². The van der Waals surface area contributed by atoms with Crippen LogP contribution in [0.1, 0.15) is 13.3 Å². The average molecular weight is 389 g/mol. The summed E-state index contributed by atoms with van der Waals surface area (Å²) in [5.74, 6) is 0.709. The molecule has 1 aromatic carbocycles. The number of aliphatic hydroxyl groups is 1. The number of fused-ring (bicyclic) bond motifs is 1. The van der Waals surface area contributed by atoms with E-state index in [0.717, 1.165) is 39.1 Å². The monoisotopic (exact) mass is 388 g/mol. The molecule has 0 spiro atoms. The van der Waals surface area contributed by atoms with Gasteiger partial charge in [0, 0.05) is 54.6 Å². The topological polar surface area (TPSA) is 60.0 Å². The van der Waals surface area contributed by atoms with E-state index >= 15 is 0 Å². The number of anilines is 1. The first-order valence-electron chi connectivity index (χ1n) is 9.60. The van der Waals surface area contributed by atoms with Crippen LogP contribution in [0.2, 0.25) is 0 Å². The molecule has 2 aliphatic rings. The Balaban J connectivity index is 1.20. The Morgan fingerprint density at radius 3 is 2.85 bits per heavy atom. The second kappa shape index (κ2) is 8.06. The number of ether oxygens (including phenoxy) is 1. The molecule has 2 aliphatic heterocycles. The van der Waals surface area contributed by atoms with E-state index < -0.39 is 5.54 Å². The van der Waals surface area contributed by atoms with Gasteiger partial charge in [-0.15, -0.1) is 11.3 Å². The average Bonchev–Trinajstić information content (AvgIpc) is 3.33. The van der Waals surface area contributed by atoms with E-state index in [4.69, 9.17) is 4.74 Å². The molecule has 3 N–H and O–H groups in total. The van der Waals surface area contributed by atoms with Gasteiger partial charge in [0.25, 0.3) is 0 Å². The first kappa shape index (κ1) is 18.6. The summed E-state index contributed by atoms with van der Waals surface area (Å²) in [5.41, 5.74) is 6.94. The third-order valence-corrected chi connectivity index (χ3v) is 6.19.